The Bertz CT molecular complexity index is 800. The predicted molar refractivity (Wildman–Crippen MR) is 114 cm³/mol. The average Bonchev–Trinajstić information content (AvgIpc) is 2.71. The minimum atomic E-state index is -0.503. The summed E-state index contributed by atoms with van der Waals surface area (Å²) in [6.07, 6.45) is 0.598. The van der Waals surface area contributed by atoms with Crippen molar-refractivity contribution in [3.63, 3.8) is 0 Å². The Hall–Kier alpha value is -2.69. The standard InChI is InChI=1S/C24H31NO4/c1-24(2,3)29-23(26)25-14-13-22(18-9-8-12-21(15-18)27-4)19(16-25)17-28-20-10-6-5-7-11-20/h5-12,15,19,22H,13-14,16-17H2,1-4H3/t19-,22-/m1/s1. The van der Waals surface area contributed by atoms with E-state index in [0.717, 1.165) is 17.9 Å². The Morgan fingerprint density at radius 2 is 1.79 bits per heavy atom. The second-order valence-electron chi connectivity index (χ2n) is 8.48. The molecule has 0 N–H and O–H groups in total. The molecule has 1 fully saturated rings. The van der Waals surface area contributed by atoms with Crippen LogP contribution in [0, 0.1) is 5.92 Å². The van der Waals surface area contributed by atoms with Crippen LogP contribution in [-0.4, -0.2) is 43.4 Å². The zero-order chi connectivity index (χ0) is 20.9. The summed E-state index contributed by atoms with van der Waals surface area (Å²) in [6.45, 7) is 7.48. The zero-order valence-electron chi connectivity index (χ0n) is 17.8. The number of likely N-dealkylation sites (tertiary alicyclic amines) is 1. The Morgan fingerprint density at radius 3 is 2.48 bits per heavy atom. The number of amides is 1. The van der Waals surface area contributed by atoms with E-state index in [2.05, 4.69) is 12.1 Å². The van der Waals surface area contributed by atoms with Crippen LogP contribution in [0.2, 0.25) is 0 Å². The Morgan fingerprint density at radius 1 is 1.07 bits per heavy atom. The molecule has 1 heterocycles. The number of methoxy groups -OCH3 is 1. The van der Waals surface area contributed by atoms with Crippen molar-refractivity contribution in [3.05, 3.63) is 60.2 Å². The molecule has 5 nitrogen and oxygen atoms in total. The van der Waals surface area contributed by atoms with Crippen LogP contribution >= 0.6 is 0 Å². The highest BCUT2D eigenvalue weighted by Crippen LogP contribution is 2.35. The summed E-state index contributed by atoms with van der Waals surface area (Å²) in [5, 5.41) is 0. The lowest BCUT2D eigenvalue weighted by Gasteiger charge is -2.39. The summed E-state index contributed by atoms with van der Waals surface area (Å²) in [6, 6.07) is 18.0. The first-order valence-corrected chi connectivity index (χ1v) is 10.2. The Kier molecular flexibility index (Phi) is 6.68. The van der Waals surface area contributed by atoms with Crippen molar-refractivity contribution >= 4 is 6.09 Å². The van der Waals surface area contributed by atoms with Gasteiger partial charge in [-0.05, 0) is 62.9 Å². The van der Waals surface area contributed by atoms with Crippen molar-refractivity contribution < 1.29 is 19.0 Å². The van der Waals surface area contributed by atoms with Gasteiger partial charge in [-0.3, -0.25) is 0 Å². The molecule has 2 aromatic rings. The SMILES string of the molecule is COc1cccc([C@H]2CCN(C(=O)OC(C)(C)C)C[C@@H]2COc2ccccc2)c1. The van der Waals surface area contributed by atoms with E-state index < -0.39 is 5.60 Å². The predicted octanol–water partition coefficient (Wildman–Crippen LogP) is 5.11. The summed E-state index contributed by atoms with van der Waals surface area (Å²) < 4.78 is 17.1. The third-order valence-corrected chi connectivity index (χ3v) is 5.11. The third-order valence-electron chi connectivity index (χ3n) is 5.11. The number of hydrogen-bond donors (Lipinski definition) is 0. The van der Waals surface area contributed by atoms with Crippen molar-refractivity contribution in [1.82, 2.24) is 4.90 Å². The number of carbonyl (C=O) groups is 1. The summed E-state index contributed by atoms with van der Waals surface area (Å²) in [7, 11) is 1.68. The lowest BCUT2D eigenvalue weighted by Crippen LogP contribution is -2.46. The van der Waals surface area contributed by atoms with Gasteiger partial charge in [0.25, 0.3) is 0 Å². The molecule has 0 radical (unpaired) electrons. The highest BCUT2D eigenvalue weighted by molar-refractivity contribution is 5.68. The number of benzene rings is 2. The summed E-state index contributed by atoms with van der Waals surface area (Å²) in [5.74, 6) is 2.13. The lowest BCUT2D eigenvalue weighted by atomic mass is 9.81. The summed E-state index contributed by atoms with van der Waals surface area (Å²) in [4.78, 5) is 14.4. The van der Waals surface area contributed by atoms with Gasteiger partial charge in [0.2, 0.25) is 0 Å². The average molecular weight is 398 g/mol. The highest BCUT2D eigenvalue weighted by atomic mass is 16.6. The van der Waals surface area contributed by atoms with E-state index >= 15 is 0 Å². The van der Waals surface area contributed by atoms with Gasteiger partial charge in [-0.1, -0.05) is 30.3 Å². The van der Waals surface area contributed by atoms with Gasteiger partial charge >= 0.3 is 6.09 Å². The summed E-state index contributed by atoms with van der Waals surface area (Å²) >= 11 is 0. The molecule has 0 aliphatic carbocycles. The number of piperidine rings is 1. The fourth-order valence-electron chi connectivity index (χ4n) is 3.72. The molecule has 1 saturated heterocycles. The van der Waals surface area contributed by atoms with Crippen LogP contribution in [0.4, 0.5) is 4.79 Å². The van der Waals surface area contributed by atoms with Gasteiger partial charge < -0.3 is 19.1 Å². The molecule has 1 amide bonds. The maximum Gasteiger partial charge on any atom is 0.410 e. The van der Waals surface area contributed by atoms with Crippen LogP contribution in [0.3, 0.4) is 0 Å². The van der Waals surface area contributed by atoms with Gasteiger partial charge in [0, 0.05) is 19.0 Å². The van der Waals surface area contributed by atoms with Crippen LogP contribution in [0.1, 0.15) is 38.7 Å². The van der Waals surface area contributed by atoms with Crippen LogP contribution in [-0.2, 0) is 4.74 Å². The van der Waals surface area contributed by atoms with Crippen LogP contribution in [0.5, 0.6) is 11.5 Å². The molecular formula is C24H31NO4. The van der Waals surface area contributed by atoms with Crippen LogP contribution in [0.25, 0.3) is 0 Å². The molecule has 1 aliphatic rings. The second kappa shape index (κ2) is 9.21. The molecule has 2 atom stereocenters. The second-order valence-corrected chi connectivity index (χ2v) is 8.48. The molecule has 0 bridgehead atoms. The van der Waals surface area contributed by atoms with E-state index in [1.807, 2.05) is 63.2 Å². The number of rotatable bonds is 5. The van der Waals surface area contributed by atoms with Crippen molar-refractivity contribution in [3.8, 4) is 11.5 Å². The molecule has 29 heavy (non-hydrogen) atoms. The van der Waals surface area contributed by atoms with Crippen LogP contribution in [0.15, 0.2) is 54.6 Å². The number of carbonyl (C=O) groups excluding carboxylic acids is 1. The Balaban J connectivity index is 1.76. The first kappa shape index (κ1) is 21.0. The van der Waals surface area contributed by atoms with Gasteiger partial charge in [-0.2, -0.15) is 0 Å². The van der Waals surface area contributed by atoms with Gasteiger partial charge in [-0.15, -0.1) is 0 Å². The summed E-state index contributed by atoms with van der Waals surface area (Å²) in [5.41, 5.74) is 0.714. The van der Waals surface area contributed by atoms with Gasteiger partial charge in [0.1, 0.15) is 17.1 Å². The monoisotopic (exact) mass is 397 g/mol. The maximum atomic E-state index is 12.6. The lowest BCUT2D eigenvalue weighted by molar-refractivity contribution is 0.0111. The normalized spacial score (nSPS) is 19.5. The van der Waals surface area contributed by atoms with Crippen molar-refractivity contribution in [2.45, 2.75) is 38.7 Å². The first-order valence-electron chi connectivity index (χ1n) is 10.2. The number of ether oxygens (including phenoxy) is 3. The molecule has 0 saturated carbocycles. The minimum Gasteiger partial charge on any atom is -0.497 e. The molecule has 2 aromatic carbocycles. The molecule has 0 unspecified atom stereocenters. The number of para-hydroxylation sites is 1. The van der Waals surface area contributed by atoms with E-state index in [9.17, 15) is 4.79 Å². The van der Waals surface area contributed by atoms with Crippen LogP contribution < -0.4 is 9.47 Å². The maximum absolute atomic E-state index is 12.6. The van der Waals surface area contributed by atoms with Crippen molar-refractivity contribution in [1.29, 1.82) is 0 Å². The molecule has 156 valence electrons. The fourth-order valence-corrected chi connectivity index (χ4v) is 3.72. The van der Waals surface area contributed by atoms with E-state index in [4.69, 9.17) is 14.2 Å². The number of hydrogen-bond acceptors (Lipinski definition) is 4. The molecule has 5 heteroatoms. The quantitative estimate of drug-likeness (QED) is 0.703. The zero-order valence-corrected chi connectivity index (χ0v) is 17.8. The van der Waals surface area contributed by atoms with Gasteiger partial charge in [0.05, 0.1) is 13.7 Å². The van der Waals surface area contributed by atoms with Gasteiger partial charge in [-0.25, -0.2) is 4.79 Å². The Labute approximate surface area is 173 Å². The first-order chi connectivity index (χ1) is 13.9. The smallest absolute Gasteiger partial charge is 0.410 e. The van der Waals surface area contributed by atoms with Crippen molar-refractivity contribution in [2.24, 2.45) is 5.92 Å². The van der Waals surface area contributed by atoms with E-state index in [-0.39, 0.29) is 17.9 Å². The topological polar surface area (TPSA) is 48.0 Å². The van der Waals surface area contributed by atoms with E-state index in [0.29, 0.717) is 19.7 Å². The highest BCUT2D eigenvalue weighted by Gasteiger charge is 2.35. The fraction of sp³-hybridized carbons (Fsp3) is 0.458. The molecular weight excluding hydrogens is 366 g/mol. The molecule has 0 spiro atoms. The third kappa shape index (κ3) is 5.89. The van der Waals surface area contributed by atoms with E-state index in [1.54, 1.807) is 12.0 Å². The van der Waals surface area contributed by atoms with E-state index in [1.165, 1.54) is 5.56 Å². The molecule has 1 aliphatic heterocycles. The molecule has 0 aromatic heterocycles. The number of nitrogens with zero attached hydrogens (tertiary/aromatic N) is 1. The minimum absolute atomic E-state index is 0.156. The largest absolute Gasteiger partial charge is 0.497 e. The van der Waals surface area contributed by atoms with Gasteiger partial charge in [0.15, 0.2) is 0 Å². The molecule has 3 rings (SSSR count). The van der Waals surface area contributed by atoms with Crippen molar-refractivity contribution in [2.75, 3.05) is 26.8 Å².